The number of hydrogen-bond donors (Lipinski definition) is 2. The molecule has 0 rings (SSSR count). The maximum Gasteiger partial charge on any atom is 0.323 e. The molecule has 0 aromatic carbocycles. The highest BCUT2D eigenvalue weighted by molar-refractivity contribution is 6.06. The fraction of sp³-hybridized carbons (Fsp3) is 0.667. The minimum Gasteiger partial charge on any atom is -0.527 e. The quantitative estimate of drug-likeness (QED) is 0.401. The zero-order valence-electron chi connectivity index (χ0n) is 4.50. The Balaban J connectivity index is 3.46. The van der Waals surface area contributed by atoms with Gasteiger partial charge < -0.3 is 14.6 Å². The second-order valence-corrected chi connectivity index (χ2v) is 1.63. The maximum absolute atomic E-state index is 10.1. The molecule has 2 N–H and O–H groups in total. The molecule has 0 aliphatic rings. The number of aliphatic hydroxyl groups is 2. The summed E-state index contributed by atoms with van der Waals surface area (Å²) in [6, 6.07) is 0. The van der Waals surface area contributed by atoms with Gasteiger partial charge in [-0.1, -0.05) is 0 Å². The van der Waals surface area contributed by atoms with E-state index in [0.29, 0.717) is 0 Å². The van der Waals surface area contributed by atoms with Crippen LogP contribution in [0.4, 0.5) is 0 Å². The van der Waals surface area contributed by atoms with Gasteiger partial charge in [0.05, 0.1) is 6.61 Å². The number of rotatable bonds is 2. The van der Waals surface area contributed by atoms with Gasteiger partial charge in [-0.15, -0.1) is 0 Å². The normalized spacial score (nSPS) is 13.2. The first kappa shape index (κ1) is 7.61. The van der Waals surface area contributed by atoms with Crippen LogP contribution in [0.15, 0.2) is 0 Å². The van der Waals surface area contributed by atoms with Crippen LogP contribution in [0, 0.1) is 0 Å². The fourth-order valence-corrected chi connectivity index (χ4v) is 0.483. The van der Waals surface area contributed by atoms with Gasteiger partial charge in [-0.25, -0.2) is 0 Å². The molecule has 1 atom stereocenters. The molecule has 0 radical (unpaired) electrons. The van der Waals surface area contributed by atoms with Gasteiger partial charge >= 0.3 is 5.97 Å². The van der Waals surface area contributed by atoms with Gasteiger partial charge in [-0.3, -0.25) is 4.79 Å². The smallest absolute Gasteiger partial charge is 0.323 e. The van der Waals surface area contributed by atoms with Crippen LogP contribution in [0.2, 0.25) is 0 Å². The minimum absolute atomic E-state index is 0.255. The van der Waals surface area contributed by atoms with E-state index in [1.165, 1.54) is 0 Å². The lowest BCUT2D eigenvalue weighted by atomic mass is 10.4. The van der Waals surface area contributed by atoms with Crippen LogP contribution in [-0.4, -0.2) is 39.4 Å². The Morgan fingerprint density at radius 1 is 1.88 bits per heavy atom. The second kappa shape index (κ2) is 3.59. The summed E-state index contributed by atoms with van der Waals surface area (Å²) < 4.78 is 4.19. The summed E-state index contributed by atoms with van der Waals surface area (Å²) in [6.07, 6.45) is -1.35. The van der Waals surface area contributed by atoms with Crippen molar-refractivity contribution in [3.05, 3.63) is 0 Å². The van der Waals surface area contributed by atoms with Crippen LogP contribution in [0.5, 0.6) is 0 Å². The van der Waals surface area contributed by atoms with Crippen molar-refractivity contribution < 1.29 is 19.4 Å². The van der Waals surface area contributed by atoms with Gasteiger partial charge in [0.15, 0.2) is 6.10 Å². The molecular formula is C3H8O4Si. The summed E-state index contributed by atoms with van der Waals surface area (Å²) in [5.74, 6) is -0.751. The van der Waals surface area contributed by atoms with Gasteiger partial charge in [-0.05, 0) is 0 Å². The van der Waals surface area contributed by atoms with Crippen molar-refractivity contribution >= 4 is 16.5 Å². The molecule has 0 aliphatic carbocycles. The van der Waals surface area contributed by atoms with E-state index < -0.39 is 18.7 Å². The summed E-state index contributed by atoms with van der Waals surface area (Å²) in [5.41, 5.74) is 0. The molecule has 0 saturated heterocycles. The number of carbonyl (C=O) groups is 1. The highest BCUT2D eigenvalue weighted by atomic mass is 28.2. The topological polar surface area (TPSA) is 66.8 Å². The predicted molar refractivity (Wildman–Crippen MR) is 29.1 cm³/mol. The number of aliphatic hydroxyl groups excluding tert-OH is 2. The predicted octanol–water partition coefficient (Wildman–Crippen LogP) is -2.84. The van der Waals surface area contributed by atoms with Gasteiger partial charge in [0, 0.05) is 0 Å². The van der Waals surface area contributed by atoms with Crippen molar-refractivity contribution in [2.45, 2.75) is 6.10 Å². The maximum atomic E-state index is 10.1. The van der Waals surface area contributed by atoms with Crippen LogP contribution < -0.4 is 0 Å². The monoisotopic (exact) mass is 136 g/mol. The summed E-state index contributed by atoms with van der Waals surface area (Å²) >= 11 is 0. The highest BCUT2D eigenvalue weighted by Crippen LogP contribution is 1.81. The molecule has 0 bridgehead atoms. The van der Waals surface area contributed by atoms with E-state index in [9.17, 15) is 4.79 Å². The molecule has 0 amide bonds. The Hall–Kier alpha value is -0.393. The van der Waals surface area contributed by atoms with Crippen LogP contribution in [0.25, 0.3) is 0 Å². The Bertz CT molecular complexity index is 83.4. The SMILES string of the molecule is O=C(O[SiH3])C(O)CO. The van der Waals surface area contributed by atoms with Gasteiger partial charge in [0.2, 0.25) is 10.5 Å². The van der Waals surface area contributed by atoms with Crippen LogP contribution in [-0.2, 0) is 9.22 Å². The fourth-order valence-electron chi connectivity index (χ4n) is 0.211. The van der Waals surface area contributed by atoms with E-state index in [1.54, 1.807) is 0 Å². The van der Waals surface area contributed by atoms with Gasteiger partial charge in [-0.2, -0.15) is 0 Å². The van der Waals surface area contributed by atoms with Gasteiger partial charge in [0.1, 0.15) is 0 Å². The zero-order chi connectivity index (χ0) is 6.57. The third-order valence-corrected chi connectivity index (χ3v) is 1.05. The third-order valence-electron chi connectivity index (χ3n) is 0.646. The Kier molecular flexibility index (Phi) is 3.41. The van der Waals surface area contributed by atoms with E-state index in [-0.39, 0.29) is 10.5 Å². The summed E-state index contributed by atoms with van der Waals surface area (Å²) in [6.45, 7) is -0.568. The van der Waals surface area contributed by atoms with Crippen LogP contribution in [0.1, 0.15) is 0 Å². The highest BCUT2D eigenvalue weighted by Gasteiger charge is 2.11. The molecule has 0 aromatic rings. The third kappa shape index (κ3) is 2.06. The Morgan fingerprint density at radius 2 is 2.38 bits per heavy atom. The average Bonchev–Trinajstić information content (AvgIpc) is 1.84. The van der Waals surface area contributed by atoms with Crippen molar-refractivity contribution in [3.8, 4) is 0 Å². The lowest BCUT2D eigenvalue weighted by molar-refractivity contribution is -0.145. The van der Waals surface area contributed by atoms with E-state index in [1.807, 2.05) is 0 Å². The second-order valence-electron chi connectivity index (χ2n) is 1.22. The van der Waals surface area contributed by atoms with Crippen molar-refractivity contribution in [2.24, 2.45) is 0 Å². The summed E-state index contributed by atoms with van der Waals surface area (Å²) in [7, 11) is 0.255. The molecule has 0 fully saturated rings. The van der Waals surface area contributed by atoms with Crippen molar-refractivity contribution in [2.75, 3.05) is 6.61 Å². The van der Waals surface area contributed by atoms with E-state index in [4.69, 9.17) is 10.2 Å². The standard InChI is InChI=1S/C3H8O4Si/c4-1-2(5)3(6)7-8/h2,4-5H,1H2,8H3. The molecule has 4 nitrogen and oxygen atoms in total. The average molecular weight is 136 g/mol. The van der Waals surface area contributed by atoms with Crippen molar-refractivity contribution in [1.82, 2.24) is 0 Å². The largest absolute Gasteiger partial charge is 0.527 e. The lowest BCUT2D eigenvalue weighted by Gasteiger charge is -2.02. The molecule has 5 heteroatoms. The first-order valence-corrected chi connectivity index (χ1v) is 2.90. The number of hydrogen-bond acceptors (Lipinski definition) is 4. The molecule has 48 valence electrons. The first-order valence-electron chi connectivity index (χ1n) is 2.09. The summed E-state index contributed by atoms with van der Waals surface area (Å²) in [5, 5.41) is 16.5. The first-order chi connectivity index (χ1) is 3.72. The molecule has 0 saturated carbocycles. The van der Waals surface area contributed by atoms with E-state index >= 15 is 0 Å². The number of carbonyl (C=O) groups excluding carboxylic acids is 1. The Morgan fingerprint density at radius 3 is 2.50 bits per heavy atom. The Labute approximate surface area is 49.6 Å². The minimum atomic E-state index is -1.35. The molecule has 0 spiro atoms. The van der Waals surface area contributed by atoms with Crippen LogP contribution >= 0.6 is 0 Å². The van der Waals surface area contributed by atoms with Crippen LogP contribution in [0.3, 0.4) is 0 Å². The molecule has 1 unspecified atom stereocenters. The summed E-state index contributed by atoms with van der Waals surface area (Å²) in [4.78, 5) is 10.1. The molecular weight excluding hydrogens is 128 g/mol. The lowest BCUT2D eigenvalue weighted by Crippen LogP contribution is -2.25. The van der Waals surface area contributed by atoms with Crippen molar-refractivity contribution in [3.63, 3.8) is 0 Å². The van der Waals surface area contributed by atoms with Crippen molar-refractivity contribution in [1.29, 1.82) is 0 Å². The van der Waals surface area contributed by atoms with E-state index in [2.05, 4.69) is 4.43 Å². The molecule has 8 heavy (non-hydrogen) atoms. The molecule has 0 aliphatic heterocycles. The molecule has 0 heterocycles. The van der Waals surface area contributed by atoms with Gasteiger partial charge in [0.25, 0.3) is 0 Å². The molecule has 0 aromatic heterocycles. The van der Waals surface area contributed by atoms with E-state index in [0.717, 1.165) is 0 Å². The zero-order valence-corrected chi connectivity index (χ0v) is 6.50.